The van der Waals surface area contributed by atoms with Gasteiger partial charge in [-0.05, 0) is 31.2 Å². The van der Waals surface area contributed by atoms with Crippen molar-refractivity contribution in [1.82, 2.24) is 19.9 Å². The zero-order valence-electron chi connectivity index (χ0n) is 15.0. The number of aromatic nitrogens is 4. The monoisotopic (exact) mass is 378 g/mol. The number of methoxy groups -OCH3 is 1. The maximum Gasteiger partial charge on any atom is 0.196 e. The molecule has 0 amide bonds. The Kier molecular flexibility index (Phi) is 4.93. The molecule has 2 heterocycles. The standard InChI is InChI=1S/C20H18N4O2S/c1-14-12-16(23-26-14)13-27-20-22-21-19(15-6-4-3-5-7-15)24(20)17-8-10-18(25-2)11-9-17/h3-12H,13H2,1-2H3. The van der Waals surface area contributed by atoms with Crippen LogP contribution in [-0.4, -0.2) is 27.0 Å². The summed E-state index contributed by atoms with van der Waals surface area (Å²) in [4.78, 5) is 0. The van der Waals surface area contributed by atoms with E-state index in [-0.39, 0.29) is 0 Å². The lowest BCUT2D eigenvalue weighted by Gasteiger charge is -2.11. The van der Waals surface area contributed by atoms with Crippen molar-refractivity contribution < 1.29 is 9.26 Å². The van der Waals surface area contributed by atoms with Gasteiger partial charge in [0.25, 0.3) is 0 Å². The molecular weight excluding hydrogens is 360 g/mol. The molecule has 0 aliphatic carbocycles. The van der Waals surface area contributed by atoms with E-state index in [9.17, 15) is 0 Å². The summed E-state index contributed by atoms with van der Waals surface area (Å²) in [6.45, 7) is 1.88. The molecule has 0 atom stereocenters. The quantitative estimate of drug-likeness (QED) is 0.459. The summed E-state index contributed by atoms with van der Waals surface area (Å²) in [6, 6.07) is 19.8. The van der Waals surface area contributed by atoms with Crippen LogP contribution in [0.15, 0.2) is 70.3 Å². The molecule has 0 radical (unpaired) electrons. The smallest absolute Gasteiger partial charge is 0.196 e. The van der Waals surface area contributed by atoms with Crippen molar-refractivity contribution in [2.24, 2.45) is 0 Å². The summed E-state index contributed by atoms with van der Waals surface area (Å²) >= 11 is 1.57. The van der Waals surface area contributed by atoms with Crippen LogP contribution in [0.2, 0.25) is 0 Å². The van der Waals surface area contributed by atoms with Gasteiger partial charge in [-0.1, -0.05) is 47.3 Å². The van der Waals surface area contributed by atoms with Gasteiger partial charge >= 0.3 is 0 Å². The van der Waals surface area contributed by atoms with E-state index < -0.39 is 0 Å². The Bertz CT molecular complexity index is 1030. The van der Waals surface area contributed by atoms with E-state index in [1.54, 1.807) is 18.9 Å². The first-order valence-corrected chi connectivity index (χ1v) is 9.43. The average molecular weight is 378 g/mol. The van der Waals surface area contributed by atoms with Gasteiger partial charge in [0.15, 0.2) is 11.0 Å². The van der Waals surface area contributed by atoms with Crippen molar-refractivity contribution in [1.29, 1.82) is 0 Å². The van der Waals surface area contributed by atoms with Crippen LogP contribution in [0.1, 0.15) is 11.5 Å². The molecule has 2 aromatic heterocycles. The lowest BCUT2D eigenvalue weighted by molar-refractivity contribution is 0.393. The Morgan fingerprint density at radius 1 is 1.04 bits per heavy atom. The Balaban J connectivity index is 1.72. The van der Waals surface area contributed by atoms with Crippen molar-refractivity contribution in [2.75, 3.05) is 7.11 Å². The van der Waals surface area contributed by atoms with Gasteiger partial charge in [0.2, 0.25) is 0 Å². The van der Waals surface area contributed by atoms with Crippen LogP contribution in [0.5, 0.6) is 5.75 Å². The highest BCUT2D eigenvalue weighted by molar-refractivity contribution is 7.98. The molecule has 4 aromatic rings. The van der Waals surface area contributed by atoms with Gasteiger partial charge < -0.3 is 9.26 Å². The van der Waals surface area contributed by atoms with Gasteiger partial charge in [0.05, 0.1) is 12.8 Å². The van der Waals surface area contributed by atoms with Gasteiger partial charge in [0.1, 0.15) is 11.5 Å². The fourth-order valence-electron chi connectivity index (χ4n) is 2.73. The summed E-state index contributed by atoms with van der Waals surface area (Å²) in [5, 5.41) is 13.7. The summed E-state index contributed by atoms with van der Waals surface area (Å²) in [5.74, 6) is 3.05. The predicted octanol–water partition coefficient (Wildman–Crippen LogP) is 4.53. The molecule has 0 aliphatic heterocycles. The van der Waals surface area contributed by atoms with E-state index in [4.69, 9.17) is 9.26 Å². The second kappa shape index (κ2) is 7.67. The topological polar surface area (TPSA) is 66.0 Å². The molecule has 27 heavy (non-hydrogen) atoms. The third-order valence-electron chi connectivity index (χ3n) is 4.02. The fourth-order valence-corrected chi connectivity index (χ4v) is 3.56. The summed E-state index contributed by atoms with van der Waals surface area (Å²) in [7, 11) is 1.66. The minimum Gasteiger partial charge on any atom is -0.497 e. The Morgan fingerprint density at radius 3 is 2.48 bits per heavy atom. The molecule has 0 spiro atoms. The summed E-state index contributed by atoms with van der Waals surface area (Å²) in [5.41, 5.74) is 2.85. The maximum absolute atomic E-state index is 5.27. The van der Waals surface area contributed by atoms with Gasteiger partial charge in [-0.15, -0.1) is 10.2 Å². The van der Waals surface area contributed by atoms with Crippen LogP contribution < -0.4 is 4.74 Å². The molecule has 136 valence electrons. The molecule has 4 rings (SSSR count). The highest BCUT2D eigenvalue weighted by Gasteiger charge is 2.17. The lowest BCUT2D eigenvalue weighted by Crippen LogP contribution is -2.00. The summed E-state index contributed by atoms with van der Waals surface area (Å²) < 4.78 is 12.5. The van der Waals surface area contributed by atoms with Gasteiger partial charge in [-0.2, -0.15) is 0 Å². The van der Waals surface area contributed by atoms with E-state index in [2.05, 4.69) is 15.4 Å². The average Bonchev–Trinajstić information content (AvgIpc) is 3.33. The van der Waals surface area contributed by atoms with Crippen LogP contribution >= 0.6 is 11.8 Å². The third kappa shape index (κ3) is 3.73. The predicted molar refractivity (Wildman–Crippen MR) is 104 cm³/mol. The first kappa shape index (κ1) is 17.4. The normalized spacial score (nSPS) is 10.9. The number of rotatable bonds is 6. The number of hydrogen-bond donors (Lipinski definition) is 0. The minimum atomic E-state index is 0.653. The molecule has 0 saturated carbocycles. The van der Waals surface area contributed by atoms with Crippen LogP contribution in [-0.2, 0) is 5.75 Å². The van der Waals surface area contributed by atoms with Crippen LogP contribution in [0.4, 0.5) is 0 Å². The lowest BCUT2D eigenvalue weighted by atomic mass is 10.2. The van der Waals surface area contributed by atoms with Gasteiger partial charge in [-0.3, -0.25) is 4.57 Å². The van der Waals surface area contributed by atoms with E-state index in [0.29, 0.717) is 5.75 Å². The number of benzene rings is 2. The second-order valence-electron chi connectivity index (χ2n) is 5.92. The highest BCUT2D eigenvalue weighted by atomic mass is 32.2. The van der Waals surface area contributed by atoms with Crippen molar-refractivity contribution in [3.05, 3.63) is 72.1 Å². The Labute approximate surface area is 161 Å². The third-order valence-corrected chi connectivity index (χ3v) is 4.98. The molecular formula is C20H18N4O2S. The number of nitrogens with zero attached hydrogens (tertiary/aromatic N) is 4. The van der Waals surface area contributed by atoms with Gasteiger partial charge in [0, 0.05) is 23.1 Å². The van der Waals surface area contributed by atoms with Crippen molar-refractivity contribution in [3.8, 4) is 22.8 Å². The number of aryl methyl sites for hydroxylation is 1. The molecule has 0 fully saturated rings. The molecule has 0 aliphatic rings. The maximum atomic E-state index is 5.27. The number of hydrogen-bond acceptors (Lipinski definition) is 6. The molecule has 2 aromatic carbocycles. The molecule has 0 saturated heterocycles. The van der Waals surface area contributed by atoms with Crippen LogP contribution in [0.25, 0.3) is 17.1 Å². The van der Waals surface area contributed by atoms with Crippen LogP contribution in [0.3, 0.4) is 0 Å². The summed E-state index contributed by atoms with van der Waals surface area (Å²) in [6.07, 6.45) is 0. The SMILES string of the molecule is COc1ccc(-n2c(SCc3cc(C)on3)nnc2-c2ccccc2)cc1. The zero-order chi connectivity index (χ0) is 18.6. The fraction of sp³-hybridized carbons (Fsp3) is 0.150. The molecule has 0 N–H and O–H groups in total. The zero-order valence-corrected chi connectivity index (χ0v) is 15.8. The molecule has 7 heteroatoms. The van der Waals surface area contributed by atoms with E-state index in [1.807, 2.05) is 72.2 Å². The van der Waals surface area contributed by atoms with Crippen molar-refractivity contribution in [3.63, 3.8) is 0 Å². The van der Waals surface area contributed by atoms with E-state index in [1.165, 1.54) is 0 Å². The van der Waals surface area contributed by atoms with Crippen molar-refractivity contribution >= 4 is 11.8 Å². The van der Waals surface area contributed by atoms with Gasteiger partial charge in [-0.25, -0.2) is 0 Å². The van der Waals surface area contributed by atoms with E-state index >= 15 is 0 Å². The Morgan fingerprint density at radius 2 is 1.81 bits per heavy atom. The van der Waals surface area contributed by atoms with Crippen LogP contribution in [0, 0.1) is 6.92 Å². The minimum absolute atomic E-state index is 0.653. The molecule has 6 nitrogen and oxygen atoms in total. The number of ether oxygens (including phenoxy) is 1. The van der Waals surface area contributed by atoms with Crippen molar-refractivity contribution in [2.45, 2.75) is 17.8 Å². The van der Waals surface area contributed by atoms with E-state index in [0.717, 1.165) is 39.4 Å². The second-order valence-corrected chi connectivity index (χ2v) is 6.87. The Hall–Kier alpha value is -3.06. The highest BCUT2D eigenvalue weighted by Crippen LogP contribution is 2.30. The number of thioether (sulfide) groups is 1. The largest absolute Gasteiger partial charge is 0.497 e. The first-order valence-electron chi connectivity index (χ1n) is 8.45. The molecule has 0 unspecified atom stereocenters. The first-order chi connectivity index (χ1) is 13.2. The molecule has 0 bridgehead atoms.